The van der Waals surface area contributed by atoms with E-state index >= 15 is 0 Å². The van der Waals surface area contributed by atoms with E-state index in [1.165, 1.54) is 23.5 Å². The largest absolute Gasteiger partial charge is 0.331 e. The van der Waals surface area contributed by atoms with Crippen LogP contribution in [0.3, 0.4) is 0 Å². The third-order valence-electron chi connectivity index (χ3n) is 4.23. The van der Waals surface area contributed by atoms with E-state index < -0.39 is 0 Å². The first-order valence-electron chi connectivity index (χ1n) is 8.08. The molecule has 1 aromatic carbocycles. The van der Waals surface area contributed by atoms with Crippen molar-refractivity contribution in [1.29, 1.82) is 0 Å². The highest BCUT2D eigenvalue weighted by Gasteiger charge is 2.18. The highest BCUT2D eigenvalue weighted by atomic mass is 32.1. The fraction of sp³-hybridized carbons (Fsp3) is 0.158. The number of hydrogen-bond acceptors (Lipinski definition) is 4. The number of aryl methyl sites for hydroxylation is 2. The third kappa shape index (κ3) is 3.15. The smallest absolute Gasteiger partial charge is 0.274 e. The third-order valence-corrected chi connectivity index (χ3v) is 6.08. The zero-order chi connectivity index (χ0) is 18.3. The summed E-state index contributed by atoms with van der Waals surface area (Å²) in [6, 6.07) is 10.3. The molecule has 0 spiro atoms. The summed E-state index contributed by atoms with van der Waals surface area (Å²) in [5.74, 6) is -0.491. The fourth-order valence-corrected chi connectivity index (χ4v) is 4.47. The molecule has 0 atom stereocenters. The summed E-state index contributed by atoms with van der Waals surface area (Å²) in [7, 11) is 0. The molecule has 132 valence electrons. The number of benzene rings is 1. The number of thiophene rings is 1. The lowest BCUT2D eigenvalue weighted by Crippen LogP contribution is -2.17. The van der Waals surface area contributed by atoms with Crippen LogP contribution in [0.1, 0.15) is 26.6 Å². The van der Waals surface area contributed by atoms with Gasteiger partial charge in [0.25, 0.3) is 5.91 Å². The number of fused-ring (bicyclic) bond motifs is 1. The molecule has 26 heavy (non-hydrogen) atoms. The van der Waals surface area contributed by atoms with Crippen molar-refractivity contribution in [2.45, 2.75) is 20.4 Å². The highest BCUT2D eigenvalue weighted by molar-refractivity contribution is 7.17. The Morgan fingerprint density at radius 3 is 2.85 bits per heavy atom. The van der Waals surface area contributed by atoms with Gasteiger partial charge in [0.2, 0.25) is 0 Å². The maximum atomic E-state index is 13.5. The van der Waals surface area contributed by atoms with Gasteiger partial charge in [0, 0.05) is 11.4 Å². The summed E-state index contributed by atoms with van der Waals surface area (Å²) in [5, 5.41) is 5.46. The Hall–Kier alpha value is -2.51. The van der Waals surface area contributed by atoms with Crippen LogP contribution >= 0.6 is 22.7 Å². The summed E-state index contributed by atoms with van der Waals surface area (Å²) in [5.41, 5.74) is 3.24. The average molecular weight is 385 g/mol. The Labute approximate surface area is 157 Å². The topological polar surface area (TPSA) is 46.9 Å². The van der Waals surface area contributed by atoms with Crippen molar-refractivity contribution >= 4 is 43.9 Å². The minimum absolute atomic E-state index is 0.210. The van der Waals surface area contributed by atoms with Crippen molar-refractivity contribution in [3.63, 3.8) is 0 Å². The number of halogens is 1. The molecule has 0 saturated carbocycles. The van der Waals surface area contributed by atoms with E-state index in [0.717, 1.165) is 26.4 Å². The molecule has 0 aliphatic heterocycles. The van der Waals surface area contributed by atoms with Crippen molar-refractivity contribution in [1.82, 2.24) is 9.55 Å². The fourth-order valence-electron chi connectivity index (χ4n) is 2.84. The number of carbonyl (C=O) groups excluding carboxylic acids is 1. The SMILES string of the molecule is Cc1nc(NC(=O)c2cc3sccc3n2Cc2cccc(F)c2)sc1C. The summed E-state index contributed by atoms with van der Waals surface area (Å²) >= 11 is 3.04. The van der Waals surface area contributed by atoms with Crippen molar-refractivity contribution < 1.29 is 9.18 Å². The molecule has 1 amide bonds. The number of amides is 1. The molecular formula is C19H16FN3OS2. The number of nitrogens with one attached hydrogen (secondary N) is 1. The minimum Gasteiger partial charge on any atom is -0.331 e. The number of carbonyl (C=O) groups is 1. The molecule has 0 aliphatic carbocycles. The average Bonchev–Trinajstić information content (AvgIpc) is 3.25. The van der Waals surface area contributed by atoms with E-state index in [2.05, 4.69) is 10.3 Å². The second-order valence-corrected chi connectivity index (χ2v) is 8.18. The van der Waals surface area contributed by atoms with E-state index in [0.29, 0.717) is 17.4 Å². The van der Waals surface area contributed by atoms with Crippen LogP contribution in [0.4, 0.5) is 9.52 Å². The number of nitrogens with zero attached hydrogens (tertiary/aromatic N) is 2. The van der Waals surface area contributed by atoms with Crippen LogP contribution in [0.15, 0.2) is 41.8 Å². The number of hydrogen-bond donors (Lipinski definition) is 1. The van der Waals surface area contributed by atoms with Crippen molar-refractivity contribution in [2.75, 3.05) is 5.32 Å². The zero-order valence-corrected chi connectivity index (χ0v) is 15.9. The summed E-state index contributed by atoms with van der Waals surface area (Å²) in [4.78, 5) is 18.3. The molecule has 4 aromatic rings. The maximum absolute atomic E-state index is 13.5. The molecule has 0 saturated heterocycles. The zero-order valence-electron chi connectivity index (χ0n) is 14.2. The lowest BCUT2D eigenvalue weighted by Gasteiger charge is -2.10. The molecule has 7 heteroatoms. The molecule has 0 aliphatic rings. The van der Waals surface area contributed by atoms with Gasteiger partial charge >= 0.3 is 0 Å². The quantitative estimate of drug-likeness (QED) is 0.524. The van der Waals surface area contributed by atoms with E-state index in [4.69, 9.17) is 0 Å². The Morgan fingerprint density at radius 1 is 1.27 bits per heavy atom. The lowest BCUT2D eigenvalue weighted by atomic mass is 10.2. The van der Waals surface area contributed by atoms with Crippen LogP contribution in [0.5, 0.6) is 0 Å². The van der Waals surface area contributed by atoms with Crippen LogP contribution in [-0.4, -0.2) is 15.5 Å². The standard InChI is InChI=1S/C19H16FN3OS2/c1-11-12(2)26-19(21-11)22-18(24)16-9-17-15(6-7-25-17)23(16)10-13-4-3-5-14(20)8-13/h3-9H,10H2,1-2H3,(H,21,22,24). The van der Waals surface area contributed by atoms with Gasteiger partial charge in [0.15, 0.2) is 5.13 Å². The summed E-state index contributed by atoms with van der Waals surface area (Å²) in [6.45, 7) is 4.33. The molecule has 4 rings (SSSR count). The molecule has 0 fully saturated rings. The Bertz CT molecular complexity index is 1090. The van der Waals surface area contributed by atoms with Crippen LogP contribution in [0, 0.1) is 19.7 Å². The van der Waals surface area contributed by atoms with Gasteiger partial charge in [-0.15, -0.1) is 22.7 Å². The molecule has 4 nitrogen and oxygen atoms in total. The highest BCUT2D eigenvalue weighted by Crippen LogP contribution is 2.28. The number of rotatable bonds is 4. The molecule has 1 N–H and O–H groups in total. The Balaban J connectivity index is 1.70. The van der Waals surface area contributed by atoms with E-state index in [1.54, 1.807) is 17.4 Å². The molecule has 0 radical (unpaired) electrons. The minimum atomic E-state index is -0.282. The second-order valence-electron chi connectivity index (χ2n) is 6.03. The lowest BCUT2D eigenvalue weighted by molar-refractivity contribution is 0.101. The van der Waals surface area contributed by atoms with Crippen LogP contribution in [-0.2, 0) is 6.54 Å². The predicted molar refractivity (Wildman–Crippen MR) is 105 cm³/mol. The maximum Gasteiger partial charge on any atom is 0.274 e. The van der Waals surface area contributed by atoms with Crippen molar-refractivity contribution in [2.24, 2.45) is 0 Å². The first-order valence-corrected chi connectivity index (χ1v) is 9.77. The van der Waals surface area contributed by atoms with E-state index in [9.17, 15) is 9.18 Å². The van der Waals surface area contributed by atoms with Gasteiger partial charge < -0.3 is 4.57 Å². The predicted octanol–water partition coefficient (Wildman–Crippen LogP) is 5.22. The summed E-state index contributed by atoms with van der Waals surface area (Å²) in [6.07, 6.45) is 0. The Kier molecular flexibility index (Phi) is 4.34. The Morgan fingerprint density at radius 2 is 2.12 bits per heavy atom. The number of anilines is 1. The van der Waals surface area contributed by atoms with Gasteiger partial charge in [-0.1, -0.05) is 12.1 Å². The molecule has 3 aromatic heterocycles. The van der Waals surface area contributed by atoms with Gasteiger partial charge in [-0.25, -0.2) is 9.37 Å². The molecular weight excluding hydrogens is 369 g/mol. The van der Waals surface area contributed by atoms with Gasteiger partial charge in [-0.05, 0) is 49.1 Å². The van der Waals surface area contributed by atoms with Gasteiger partial charge in [0.1, 0.15) is 11.5 Å². The van der Waals surface area contributed by atoms with Crippen molar-refractivity contribution in [3.05, 3.63) is 69.4 Å². The molecule has 0 unspecified atom stereocenters. The van der Waals surface area contributed by atoms with Crippen LogP contribution in [0.2, 0.25) is 0 Å². The van der Waals surface area contributed by atoms with Gasteiger partial charge in [-0.3, -0.25) is 10.1 Å². The van der Waals surface area contributed by atoms with Gasteiger partial charge in [0.05, 0.1) is 15.9 Å². The first-order chi connectivity index (χ1) is 12.5. The molecule has 0 bridgehead atoms. The van der Waals surface area contributed by atoms with Gasteiger partial charge in [-0.2, -0.15) is 0 Å². The van der Waals surface area contributed by atoms with Crippen LogP contribution < -0.4 is 5.32 Å². The second kappa shape index (κ2) is 6.66. The van der Waals surface area contributed by atoms with E-state index in [1.807, 2.05) is 42.0 Å². The monoisotopic (exact) mass is 385 g/mol. The van der Waals surface area contributed by atoms with E-state index in [-0.39, 0.29) is 11.7 Å². The normalized spacial score (nSPS) is 11.2. The number of thiazole rings is 1. The van der Waals surface area contributed by atoms with Crippen molar-refractivity contribution in [3.8, 4) is 0 Å². The molecule has 3 heterocycles. The van der Waals surface area contributed by atoms with Crippen LogP contribution in [0.25, 0.3) is 10.2 Å². The summed E-state index contributed by atoms with van der Waals surface area (Å²) < 4.78 is 16.5. The number of aromatic nitrogens is 2. The first kappa shape index (κ1) is 16.9.